The summed E-state index contributed by atoms with van der Waals surface area (Å²) in [6.45, 7) is 5.16. The second-order valence-corrected chi connectivity index (χ2v) is 5.62. The summed E-state index contributed by atoms with van der Waals surface area (Å²) in [5.41, 5.74) is 5.81. The molecular formula is C14H23N5. The Bertz CT molecular complexity index is 416. The van der Waals surface area contributed by atoms with E-state index < -0.39 is 0 Å². The van der Waals surface area contributed by atoms with Crippen LogP contribution in [0.5, 0.6) is 0 Å². The molecule has 0 spiro atoms. The summed E-state index contributed by atoms with van der Waals surface area (Å²) in [6, 6.07) is 2.14. The Kier molecular flexibility index (Phi) is 3.82. The summed E-state index contributed by atoms with van der Waals surface area (Å²) in [4.78, 5) is 13.6. The first-order valence-electron chi connectivity index (χ1n) is 7.39. The van der Waals surface area contributed by atoms with Crippen LogP contribution in [0.1, 0.15) is 25.7 Å². The van der Waals surface area contributed by atoms with Crippen LogP contribution in [0.25, 0.3) is 0 Å². The highest BCUT2D eigenvalue weighted by Crippen LogP contribution is 2.24. The maximum Gasteiger partial charge on any atom is 0.134 e. The van der Waals surface area contributed by atoms with E-state index in [1.165, 1.54) is 25.7 Å². The highest BCUT2D eigenvalue weighted by atomic mass is 15.2. The number of aromatic nitrogens is 2. The van der Waals surface area contributed by atoms with Crippen LogP contribution >= 0.6 is 0 Å². The molecule has 2 saturated heterocycles. The van der Waals surface area contributed by atoms with Crippen molar-refractivity contribution < 1.29 is 0 Å². The van der Waals surface area contributed by atoms with Gasteiger partial charge in [0.1, 0.15) is 18.0 Å². The monoisotopic (exact) mass is 261 g/mol. The lowest BCUT2D eigenvalue weighted by Crippen LogP contribution is -2.39. The molecule has 0 radical (unpaired) electrons. The lowest BCUT2D eigenvalue weighted by Gasteiger charge is -2.33. The van der Waals surface area contributed by atoms with Crippen molar-refractivity contribution in [3.63, 3.8) is 0 Å². The van der Waals surface area contributed by atoms with E-state index in [2.05, 4.69) is 25.8 Å². The van der Waals surface area contributed by atoms with Gasteiger partial charge >= 0.3 is 0 Å². The molecule has 3 heterocycles. The molecule has 104 valence electrons. The molecule has 3 rings (SSSR count). The Hall–Kier alpha value is -1.36. The van der Waals surface area contributed by atoms with E-state index in [-0.39, 0.29) is 0 Å². The summed E-state index contributed by atoms with van der Waals surface area (Å²) < 4.78 is 0. The standard InChI is InChI=1S/C14H23N5/c15-9-12-4-3-7-19(10-12)14-8-13(16-11-17-14)18-5-1-2-6-18/h8,11-12H,1-7,9-10,15H2. The van der Waals surface area contributed by atoms with Crippen molar-refractivity contribution in [3.8, 4) is 0 Å². The molecule has 1 aromatic heterocycles. The van der Waals surface area contributed by atoms with E-state index in [1.54, 1.807) is 6.33 Å². The molecule has 1 atom stereocenters. The summed E-state index contributed by atoms with van der Waals surface area (Å²) >= 11 is 0. The maximum absolute atomic E-state index is 5.81. The lowest BCUT2D eigenvalue weighted by molar-refractivity contribution is 0.421. The second-order valence-electron chi connectivity index (χ2n) is 5.62. The van der Waals surface area contributed by atoms with E-state index in [0.717, 1.165) is 44.4 Å². The van der Waals surface area contributed by atoms with Crippen LogP contribution in [0.3, 0.4) is 0 Å². The molecule has 19 heavy (non-hydrogen) atoms. The van der Waals surface area contributed by atoms with Gasteiger partial charge in [-0.3, -0.25) is 0 Å². The Morgan fingerprint density at radius 3 is 2.47 bits per heavy atom. The number of nitrogens with zero attached hydrogens (tertiary/aromatic N) is 4. The average Bonchev–Trinajstić information content (AvgIpc) is 3.02. The van der Waals surface area contributed by atoms with Gasteiger partial charge in [-0.25, -0.2) is 9.97 Å². The van der Waals surface area contributed by atoms with E-state index in [9.17, 15) is 0 Å². The van der Waals surface area contributed by atoms with Gasteiger partial charge in [0.15, 0.2) is 0 Å². The molecule has 2 aliphatic rings. The lowest BCUT2D eigenvalue weighted by atomic mass is 9.98. The van der Waals surface area contributed by atoms with Crippen LogP contribution in [0, 0.1) is 5.92 Å². The van der Waals surface area contributed by atoms with Crippen molar-refractivity contribution in [2.75, 3.05) is 42.5 Å². The zero-order valence-corrected chi connectivity index (χ0v) is 11.5. The molecule has 2 aliphatic heterocycles. The summed E-state index contributed by atoms with van der Waals surface area (Å²) in [6.07, 6.45) is 6.72. The van der Waals surface area contributed by atoms with E-state index >= 15 is 0 Å². The SMILES string of the molecule is NCC1CCCN(c2cc(N3CCCC3)ncn2)C1. The van der Waals surface area contributed by atoms with Crippen LogP contribution < -0.4 is 15.5 Å². The van der Waals surface area contributed by atoms with Gasteiger partial charge in [0.05, 0.1) is 0 Å². The van der Waals surface area contributed by atoms with E-state index in [1.807, 2.05) is 0 Å². The average molecular weight is 261 g/mol. The number of hydrogen-bond acceptors (Lipinski definition) is 5. The highest BCUT2D eigenvalue weighted by molar-refractivity contribution is 5.50. The Morgan fingerprint density at radius 1 is 1.05 bits per heavy atom. The third-order valence-electron chi connectivity index (χ3n) is 4.24. The maximum atomic E-state index is 5.81. The number of anilines is 2. The van der Waals surface area contributed by atoms with Crippen molar-refractivity contribution in [2.24, 2.45) is 11.7 Å². The number of nitrogens with two attached hydrogens (primary N) is 1. The van der Waals surface area contributed by atoms with Crippen LogP contribution in [0.15, 0.2) is 12.4 Å². The van der Waals surface area contributed by atoms with Gasteiger partial charge in [0.2, 0.25) is 0 Å². The first-order valence-corrected chi connectivity index (χ1v) is 7.39. The predicted octanol–water partition coefficient (Wildman–Crippen LogP) is 1.25. The van der Waals surface area contributed by atoms with Crippen molar-refractivity contribution in [3.05, 3.63) is 12.4 Å². The Morgan fingerprint density at radius 2 is 1.74 bits per heavy atom. The minimum atomic E-state index is 0.610. The Balaban J connectivity index is 1.74. The molecule has 1 unspecified atom stereocenters. The number of hydrogen-bond donors (Lipinski definition) is 1. The molecule has 0 amide bonds. The largest absolute Gasteiger partial charge is 0.356 e. The van der Waals surface area contributed by atoms with Crippen LogP contribution in [-0.4, -0.2) is 42.7 Å². The summed E-state index contributed by atoms with van der Waals surface area (Å²) in [7, 11) is 0. The van der Waals surface area contributed by atoms with Crippen molar-refractivity contribution in [1.82, 2.24) is 9.97 Å². The van der Waals surface area contributed by atoms with Gasteiger partial charge in [0, 0.05) is 32.2 Å². The molecule has 2 N–H and O–H groups in total. The quantitative estimate of drug-likeness (QED) is 0.887. The van der Waals surface area contributed by atoms with Crippen LogP contribution in [-0.2, 0) is 0 Å². The zero-order chi connectivity index (χ0) is 13.1. The number of rotatable bonds is 3. The topological polar surface area (TPSA) is 58.3 Å². The fraction of sp³-hybridized carbons (Fsp3) is 0.714. The minimum absolute atomic E-state index is 0.610. The van der Waals surface area contributed by atoms with Crippen molar-refractivity contribution >= 4 is 11.6 Å². The fourth-order valence-electron chi connectivity index (χ4n) is 3.09. The zero-order valence-electron chi connectivity index (χ0n) is 11.5. The molecule has 0 aromatic carbocycles. The smallest absolute Gasteiger partial charge is 0.134 e. The van der Waals surface area contributed by atoms with E-state index in [4.69, 9.17) is 5.73 Å². The van der Waals surface area contributed by atoms with Gasteiger partial charge in [-0.15, -0.1) is 0 Å². The molecule has 5 heteroatoms. The van der Waals surface area contributed by atoms with Gasteiger partial charge < -0.3 is 15.5 Å². The van der Waals surface area contributed by atoms with Crippen LogP contribution in [0.2, 0.25) is 0 Å². The summed E-state index contributed by atoms with van der Waals surface area (Å²) in [5, 5.41) is 0. The fourth-order valence-corrected chi connectivity index (χ4v) is 3.09. The van der Waals surface area contributed by atoms with Gasteiger partial charge in [-0.05, 0) is 38.1 Å². The first kappa shape index (κ1) is 12.7. The second kappa shape index (κ2) is 5.74. The molecule has 0 bridgehead atoms. The molecule has 1 aromatic rings. The Labute approximate surface area is 114 Å². The summed E-state index contributed by atoms with van der Waals surface area (Å²) in [5.74, 6) is 2.76. The highest BCUT2D eigenvalue weighted by Gasteiger charge is 2.21. The van der Waals surface area contributed by atoms with Crippen molar-refractivity contribution in [2.45, 2.75) is 25.7 Å². The molecule has 0 saturated carbocycles. The van der Waals surface area contributed by atoms with E-state index in [0.29, 0.717) is 5.92 Å². The van der Waals surface area contributed by atoms with Crippen LogP contribution in [0.4, 0.5) is 11.6 Å². The first-order chi connectivity index (χ1) is 9.36. The van der Waals surface area contributed by atoms with Gasteiger partial charge in [-0.1, -0.05) is 0 Å². The third-order valence-corrected chi connectivity index (χ3v) is 4.24. The normalized spacial score (nSPS) is 23.9. The minimum Gasteiger partial charge on any atom is -0.356 e. The van der Waals surface area contributed by atoms with Gasteiger partial charge in [0.25, 0.3) is 0 Å². The molecule has 5 nitrogen and oxygen atoms in total. The predicted molar refractivity (Wildman–Crippen MR) is 77.5 cm³/mol. The number of piperidine rings is 1. The molecule has 2 fully saturated rings. The van der Waals surface area contributed by atoms with Crippen molar-refractivity contribution in [1.29, 1.82) is 0 Å². The van der Waals surface area contributed by atoms with Gasteiger partial charge in [-0.2, -0.15) is 0 Å². The third kappa shape index (κ3) is 2.81. The molecular weight excluding hydrogens is 238 g/mol. The molecule has 0 aliphatic carbocycles.